The van der Waals surface area contributed by atoms with Crippen molar-refractivity contribution in [1.29, 1.82) is 0 Å². The number of carbonyl (C=O) groups excluding carboxylic acids is 2. The molecule has 2 aromatic carbocycles. The summed E-state index contributed by atoms with van der Waals surface area (Å²) in [6, 6.07) is 9.00. The highest BCUT2D eigenvalue weighted by Crippen LogP contribution is 2.42. The van der Waals surface area contributed by atoms with Crippen molar-refractivity contribution in [2.75, 3.05) is 48.5 Å². The van der Waals surface area contributed by atoms with Crippen molar-refractivity contribution in [2.24, 2.45) is 0 Å². The minimum absolute atomic E-state index is 0.0211. The molecule has 1 atom stereocenters. The molecule has 0 aromatic heterocycles. The zero-order valence-corrected chi connectivity index (χ0v) is 20.0. The number of likely N-dealkylation sites (tertiary alicyclic amines) is 1. The third-order valence-electron chi connectivity index (χ3n) is 5.48. The summed E-state index contributed by atoms with van der Waals surface area (Å²) in [4.78, 5) is 29.5. The largest absolute Gasteiger partial charge is 0.507 e. The number of Topliss-reactive ketones (excluding diaryl/α,β-unsaturated/α-hetero) is 1. The third-order valence-corrected chi connectivity index (χ3v) is 5.77. The van der Waals surface area contributed by atoms with E-state index in [1.807, 2.05) is 19.0 Å². The van der Waals surface area contributed by atoms with Crippen LogP contribution < -0.4 is 14.2 Å². The Balaban J connectivity index is 2.19. The number of aliphatic hydroxyl groups is 1. The molecule has 8 nitrogen and oxygen atoms in total. The fourth-order valence-electron chi connectivity index (χ4n) is 3.76. The molecule has 1 fully saturated rings. The number of methoxy groups -OCH3 is 3. The molecule has 0 bridgehead atoms. The van der Waals surface area contributed by atoms with E-state index >= 15 is 0 Å². The van der Waals surface area contributed by atoms with Crippen LogP contribution in [-0.2, 0) is 9.59 Å². The molecule has 1 aliphatic rings. The van der Waals surface area contributed by atoms with Gasteiger partial charge in [0, 0.05) is 18.7 Å². The van der Waals surface area contributed by atoms with Crippen molar-refractivity contribution in [3.05, 3.63) is 58.1 Å². The summed E-state index contributed by atoms with van der Waals surface area (Å²) >= 11 is 6.23. The van der Waals surface area contributed by atoms with E-state index < -0.39 is 17.7 Å². The fourth-order valence-corrected chi connectivity index (χ4v) is 4.01. The molecular formula is C24H27ClN2O6. The predicted octanol–water partition coefficient (Wildman–Crippen LogP) is 3.35. The predicted molar refractivity (Wildman–Crippen MR) is 125 cm³/mol. The van der Waals surface area contributed by atoms with E-state index in [0.717, 1.165) is 0 Å². The monoisotopic (exact) mass is 474 g/mol. The number of amides is 1. The zero-order chi connectivity index (χ0) is 24.3. The van der Waals surface area contributed by atoms with Crippen LogP contribution in [0.3, 0.4) is 0 Å². The van der Waals surface area contributed by atoms with Crippen LogP contribution in [0.25, 0.3) is 5.76 Å². The molecule has 1 heterocycles. The summed E-state index contributed by atoms with van der Waals surface area (Å²) in [5.41, 5.74) is 0.885. The maximum absolute atomic E-state index is 13.1. The van der Waals surface area contributed by atoms with Gasteiger partial charge >= 0.3 is 0 Å². The van der Waals surface area contributed by atoms with Gasteiger partial charge in [0.05, 0.1) is 38.0 Å². The second kappa shape index (κ2) is 10.1. The van der Waals surface area contributed by atoms with Gasteiger partial charge in [0.1, 0.15) is 11.5 Å². The Morgan fingerprint density at radius 1 is 1.00 bits per heavy atom. The number of hydrogen-bond donors (Lipinski definition) is 1. The molecule has 0 spiro atoms. The Morgan fingerprint density at radius 2 is 1.64 bits per heavy atom. The maximum atomic E-state index is 13.1. The number of benzene rings is 2. The lowest BCUT2D eigenvalue weighted by molar-refractivity contribution is -0.140. The summed E-state index contributed by atoms with van der Waals surface area (Å²) in [5, 5.41) is 11.4. The molecule has 2 aromatic rings. The fraction of sp³-hybridized carbons (Fsp3) is 0.333. The SMILES string of the molecule is COc1ccc(/C(O)=C2\C(=O)C(=O)N(CCN(C)C)[C@H]2c2ccc(OC)c(OC)c2)cc1Cl. The Bertz CT molecular complexity index is 1100. The molecule has 9 heteroatoms. The minimum atomic E-state index is -0.814. The van der Waals surface area contributed by atoms with Crippen molar-refractivity contribution in [3.8, 4) is 17.2 Å². The first-order valence-electron chi connectivity index (χ1n) is 10.2. The molecule has 1 amide bonds. The highest BCUT2D eigenvalue weighted by molar-refractivity contribution is 6.46. The van der Waals surface area contributed by atoms with Crippen molar-refractivity contribution in [1.82, 2.24) is 9.80 Å². The van der Waals surface area contributed by atoms with Gasteiger partial charge < -0.3 is 29.1 Å². The van der Waals surface area contributed by atoms with Crippen molar-refractivity contribution in [2.45, 2.75) is 6.04 Å². The zero-order valence-electron chi connectivity index (χ0n) is 19.2. The summed E-state index contributed by atoms with van der Waals surface area (Å²) < 4.78 is 15.9. The molecule has 0 saturated carbocycles. The highest BCUT2D eigenvalue weighted by atomic mass is 35.5. The molecule has 0 unspecified atom stereocenters. The molecule has 1 N–H and O–H groups in total. The normalized spacial score (nSPS) is 17.5. The van der Waals surface area contributed by atoms with Crippen molar-refractivity contribution >= 4 is 29.1 Å². The first-order chi connectivity index (χ1) is 15.7. The number of hydrogen-bond acceptors (Lipinski definition) is 7. The van der Waals surface area contributed by atoms with Gasteiger partial charge in [0.2, 0.25) is 0 Å². The van der Waals surface area contributed by atoms with Gasteiger partial charge in [0.25, 0.3) is 11.7 Å². The van der Waals surface area contributed by atoms with E-state index in [2.05, 4.69) is 0 Å². The molecule has 3 rings (SSSR count). The van der Waals surface area contributed by atoms with Crippen LogP contribution in [0.4, 0.5) is 0 Å². The van der Waals surface area contributed by atoms with Crippen LogP contribution in [0.15, 0.2) is 42.0 Å². The van der Waals surface area contributed by atoms with Gasteiger partial charge in [-0.3, -0.25) is 9.59 Å². The molecule has 1 aliphatic heterocycles. The van der Waals surface area contributed by atoms with Crippen molar-refractivity contribution in [3.63, 3.8) is 0 Å². The number of nitrogens with zero attached hydrogens (tertiary/aromatic N) is 2. The van der Waals surface area contributed by atoms with Gasteiger partial charge in [-0.15, -0.1) is 0 Å². The summed E-state index contributed by atoms with van der Waals surface area (Å²) in [6.45, 7) is 0.821. The number of likely N-dealkylation sites (N-methyl/N-ethyl adjacent to an activating group) is 1. The summed E-state index contributed by atoms with van der Waals surface area (Å²) in [6.07, 6.45) is 0. The van der Waals surface area contributed by atoms with Gasteiger partial charge in [-0.25, -0.2) is 0 Å². The first kappa shape index (κ1) is 24.4. The smallest absolute Gasteiger partial charge is 0.295 e. The average molecular weight is 475 g/mol. The molecule has 33 heavy (non-hydrogen) atoms. The molecule has 1 saturated heterocycles. The number of ether oxygens (including phenoxy) is 3. The summed E-state index contributed by atoms with van der Waals surface area (Å²) in [5.74, 6) is -0.383. The van der Waals surface area contributed by atoms with Crippen LogP contribution in [0.5, 0.6) is 17.2 Å². The number of ketones is 1. The Hall–Kier alpha value is -3.23. The highest BCUT2D eigenvalue weighted by Gasteiger charge is 2.46. The number of rotatable bonds is 8. The Kier molecular flexibility index (Phi) is 7.50. The van der Waals surface area contributed by atoms with E-state index in [9.17, 15) is 14.7 Å². The second-order valence-electron chi connectivity index (χ2n) is 7.76. The lowest BCUT2D eigenvalue weighted by atomic mass is 9.95. The van der Waals surface area contributed by atoms with Crippen molar-refractivity contribution < 1.29 is 28.9 Å². The van der Waals surface area contributed by atoms with Crippen LogP contribution in [0.2, 0.25) is 5.02 Å². The molecular weight excluding hydrogens is 448 g/mol. The number of aliphatic hydroxyl groups excluding tert-OH is 1. The summed E-state index contributed by atoms with van der Waals surface area (Å²) in [7, 11) is 8.26. The standard InChI is InChI=1S/C24H27ClN2O6/c1-26(2)10-11-27-21(14-6-9-18(32-4)19(13-14)33-5)20(23(29)24(27)30)22(28)15-7-8-17(31-3)16(25)12-15/h6-9,12-13,21,28H,10-11H2,1-5H3/b22-20+/t21-/m0/s1. The van der Waals surface area contributed by atoms with E-state index in [-0.39, 0.29) is 22.9 Å². The topological polar surface area (TPSA) is 88.5 Å². The lowest BCUT2D eigenvalue weighted by Crippen LogP contribution is -2.35. The van der Waals surface area contributed by atoms with E-state index in [1.165, 1.54) is 32.3 Å². The Labute approximate surface area is 197 Å². The lowest BCUT2D eigenvalue weighted by Gasteiger charge is -2.27. The third kappa shape index (κ3) is 4.77. The van der Waals surface area contributed by atoms with Crippen LogP contribution in [0.1, 0.15) is 17.2 Å². The van der Waals surface area contributed by atoms with Gasteiger partial charge in [-0.05, 0) is 50.0 Å². The molecule has 176 valence electrons. The first-order valence-corrected chi connectivity index (χ1v) is 10.6. The van der Waals surface area contributed by atoms with Gasteiger partial charge in [-0.2, -0.15) is 0 Å². The van der Waals surface area contributed by atoms with E-state index in [4.69, 9.17) is 25.8 Å². The van der Waals surface area contributed by atoms with Gasteiger partial charge in [0.15, 0.2) is 11.5 Å². The maximum Gasteiger partial charge on any atom is 0.295 e. The minimum Gasteiger partial charge on any atom is -0.507 e. The molecule has 0 radical (unpaired) electrons. The van der Waals surface area contributed by atoms with Crippen LogP contribution in [-0.4, -0.2) is 75.1 Å². The van der Waals surface area contributed by atoms with E-state index in [1.54, 1.807) is 30.3 Å². The van der Waals surface area contributed by atoms with Gasteiger partial charge in [-0.1, -0.05) is 17.7 Å². The second-order valence-corrected chi connectivity index (χ2v) is 8.17. The van der Waals surface area contributed by atoms with Crippen LogP contribution in [0, 0.1) is 0 Å². The number of carbonyl (C=O) groups is 2. The van der Waals surface area contributed by atoms with E-state index in [0.29, 0.717) is 34.9 Å². The Morgan fingerprint density at radius 3 is 2.21 bits per heavy atom. The quantitative estimate of drug-likeness (QED) is 0.356. The average Bonchev–Trinajstić information content (AvgIpc) is 3.06. The molecule has 0 aliphatic carbocycles. The van der Waals surface area contributed by atoms with Crippen LogP contribution >= 0.6 is 11.6 Å². The number of halogens is 1.